The first-order valence-corrected chi connectivity index (χ1v) is 13.4. The fourth-order valence-corrected chi connectivity index (χ4v) is 5.65. The van der Waals surface area contributed by atoms with Gasteiger partial charge in [0.25, 0.3) is 0 Å². The molecule has 11 heteroatoms. The van der Waals surface area contributed by atoms with Crippen LogP contribution in [0.4, 0.5) is 0 Å². The third-order valence-electron chi connectivity index (χ3n) is 7.38. The fourth-order valence-electron chi connectivity index (χ4n) is 5.48. The van der Waals surface area contributed by atoms with Gasteiger partial charge in [0.1, 0.15) is 0 Å². The smallest absolute Gasteiger partial charge is 1.00 e. The standard InChI is InChI=1S/C32H15ClN8.Al.ClH/c33-16-13-14-23-24(15-16)32-40-30-22-12-6-5-11-21(22)28(38-30)36-26-18-8-2-1-7-17(18)25(34-26)35-27-19-9-3-4-10-20(19)29(37-27)39-31(23)41-32;;/h1-15H;;1H/q-2;+3;/p-1. The second kappa shape index (κ2) is 10.3. The van der Waals surface area contributed by atoms with Crippen LogP contribution in [0.3, 0.4) is 0 Å². The van der Waals surface area contributed by atoms with Gasteiger partial charge in [-0.2, -0.15) is 0 Å². The van der Waals surface area contributed by atoms with Gasteiger partial charge in [-0.15, -0.1) is 11.5 Å². The third kappa shape index (κ3) is 4.21. The first kappa shape index (κ1) is 27.2. The van der Waals surface area contributed by atoms with Crippen LogP contribution >= 0.6 is 11.6 Å². The Hall–Kier alpha value is -4.65. The molecule has 0 unspecified atom stereocenters. The van der Waals surface area contributed by atoms with Crippen LogP contribution in [0.1, 0.15) is 0 Å². The van der Waals surface area contributed by atoms with Crippen molar-refractivity contribution in [3.63, 3.8) is 0 Å². The van der Waals surface area contributed by atoms with Gasteiger partial charge in [0.15, 0.2) is 23.3 Å². The maximum Gasteiger partial charge on any atom is 3.00 e. The Morgan fingerprint density at radius 3 is 1.44 bits per heavy atom. The largest absolute Gasteiger partial charge is 3.00 e. The Labute approximate surface area is 266 Å². The van der Waals surface area contributed by atoms with E-state index >= 15 is 0 Å². The van der Waals surface area contributed by atoms with Gasteiger partial charge in [0.2, 0.25) is 0 Å². The molecule has 43 heavy (non-hydrogen) atoms. The van der Waals surface area contributed by atoms with Gasteiger partial charge in [0, 0.05) is 38.7 Å². The van der Waals surface area contributed by atoms with Crippen LogP contribution in [0.25, 0.3) is 90.4 Å². The summed E-state index contributed by atoms with van der Waals surface area (Å²) in [5, 5.41) is 2.18. The third-order valence-corrected chi connectivity index (χ3v) is 7.62. The van der Waals surface area contributed by atoms with Crippen molar-refractivity contribution in [2.24, 2.45) is 0 Å². The van der Waals surface area contributed by atoms with Crippen molar-refractivity contribution in [3.8, 4) is 68.3 Å². The Balaban J connectivity index is 0.00000150. The Kier molecular flexibility index (Phi) is 6.49. The number of hydrogen-bond acceptors (Lipinski definition) is 6. The molecule has 0 amide bonds. The zero-order valence-electron chi connectivity index (χ0n) is 22.1. The van der Waals surface area contributed by atoms with Crippen molar-refractivity contribution in [2.75, 3.05) is 0 Å². The molecule has 8 nitrogen and oxygen atoms in total. The summed E-state index contributed by atoms with van der Waals surface area (Å²) in [6.45, 7) is 0. The SMILES string of the molecule is Clc1ccc2c3[n-]c4nc(nc5nc(nc6nc(nc([n-]3)c2c1)-c1ccccc1-6)-c1ccccc1-5)-c1ccccc1-4.[Al+3].[Cl-]. The van der Waals surface area contributed by atoms with Gasteiger partial charge in [-0.1, -0.05) is 90.5 Å². The minimum absolute atomic E-state index is 0. The van der Waals surface area contributed by atoms with E-state index in [1.165, 1.54) is 0 Å². The number of rotatable bonds is 0. The van der Waals surface area contributed by atoms with Gasteiger partial charge in [-0.25, -0.2) is 24.9 Å². The maximum absolute atomic E-state index is 6.42. The molecule has 9 rings (SSSR count). The van der Waals surface area contributed by atoms with Crippen LogP contribution in [0.5, 0.6) is 0 Å². The van der Waals surface area contributed by atoms with E-state index in [1.807, 2.05) is 91.0 Å². The molecular weight excluding hydrogens is 594 g/mol. The van der Waals surface area contributed by atoms with Gasteiger partial charge >= 0.3 is 17.4 Å². The van der Waals surface area contributed by atoms with Crippen LogP contribution in [-0.2, 0) is 0 Å². The van der Waals surface area contributed by atoms with Crippen molar-refractivity contribution < 1.29 is 12.4 Å². The Morgan fingerprint density at radius 2 is 0.907 bits per heavy atom. The summed E-state index contributed by atoms with van der Waals surface area (Å²) in [4.78, 5) is 39.2. The molecule has 4 aromatic carbocycles. The molecule has 5 heterocycles. The topological polar surface area (TPSA) is 106 Å². The number of nitrogens with zero attached hydrogens (tertiary/aromatic N) is 8. The summed E-state index contributed by atoms with van der Waals surface area (Å²) in [6.07, 6.45) is 0. The van der Waals surface area contributed by atoms with Gasteiger partial charge < -0.3 is 27.4 Å². The van der Waals surface area contributed by atoms with Crippen molar-refractivity contribution in [2.45, 2.75) is 0 Å². The quantitative estimate of drug-likeness (QED) is 0.241. The van der Waals surface area contributed by atoms with Gasteiger partial charge in [-0.05, 0) is 34.0 Å². The molecule has 3 aliphatic heterocycles. The number of hydrogen-bond donors (Lipinski definition) is 0. The summed E-state index contributed by atoms with van der Waals surface area (Å²) in [5.41, 5.74) is 6.20. The van der Waals surface area contributed by atoms with Crippen LogP contribution in [0.15, 0.2) is 91.0 Å². The van der Waals surface area contributed by atoms with E-state index < -0.39 is 0 Å². The molecule has 0 N–H and O–H groups in total. The monoisotopic (exact) mass is 608 g/mol. The van der Waals surface area contributed by atoms with E-state index in [0.717, 1.165) is 44.2 Å². The Morgan fingerprint density at radius 1 is 0.465 bits per heavy atom. The van der Waals surface area contributed by atoms with Crippen LogP contribution in [0, 0.1) is 0 Å². The summed E-state index contributed by atoms with van der Waals surface area (Å²) in [7, 11) is 0. The summed E-state index contributed by atoms with van der Waals surface area (Å²) in [6, 6.07) is 29.3. The van der Waals surface area contributed by atoms with Crippen LogP contribution in [0.2, 0.25) is 5.02 Å². The number of fused-ring (bicyclic) bond motifs is 20. The zero-order valence-corrected chi connectivity index (χ0v) is 24.7. The molecule has 3 aliphatic rings. The molecular formula is C32H15AlCl2N8. The van der Waals surface area contributed by atoms with Crippen molar-refractivity contribution in [1.29, 1.82) is 0 Å². The summed E-state index contributed by atoms with van der Waals surface area (Å²) in [5.74, 6) is 3.16. The van der Waals surface area contributed by atoms with E-state index in [4.69, 9.17) is 51.5 Å². The zero-order chi connectivity index (χ0) is 27.1. The molecule has 6 aromatic rings. The normalized spacial score (nSPS) is 11.5. The molecule has 0 atom stereocenters. The average molecular weight is 609 g/mol. The Bertz CT molecular complexity index is 2310. The van der Waals surface area contributed by atoms with Gasteiger partial charge in [-0.3, -0.25) is 0 Å². The number of aromatic nitrogens is 8. The minimum atomic E-state index is 0. The van der Waals surface area contributed by atoms with E-state index in [-0.39, 0.29) is 29.8 Å². The molecule has 0 aliphatic carbocycles. The van der Waals surface area contributed by atoms with Crippen molar-refractivity contribution in [1.82, 2.24) is 39.9 Å². The van der Waals surface area contributed by atoms with Crippen LogP contribution < -0.4 is 22.4 Å². The van der Waals surface area contributed by atoms with Gasteiger partial charge in [0.05, 0.1) is 0 Å². The number of benzene rings is 4. The van der Waals surface area contributed by atoms with E-state index in [9.17, 15) is 0 Å². The molecule has 2 aromatic heterocycles. The fraction of sp³-hybridized carbons (Fsp3) is 0. The van der Waals surface area contributed by atoms with Crippen LogP contribution in [-0.4, -0.2) is 47.3 Å². The minimum Gasteiger partial charge on any atom is -1.00 e. The molecule has 0 spiro atoms. The predicted molar refractivity (Wildman–Crippen MR) is 163 cm³/mol. The molecule has 0 saturated carbocycles. The summed E-state index contributed by atoms with van der Waals surface area (Å²) < 4.78 is 0. The number of halogens is 2. The van der Waals surface area contributed by atoms with E-state index in [2.05, 4.69) is 0 Å². The van der Waals surface area contributed by atoms with Crippen molar-refractivity contribution in [3.05, 3.63) is 96.0 Å². The summed E-state index contributed by atoms with van der Waals surface area (Å²) >= 11 is 6.42. The second-order valence-electron chi connectivity index (χ2n) is 9.81. The first-order chi connectivity index (χ1) is 20.2. The molecule has 8 bridgehead atoms. The molecule has 200 valence electrons. The molecule has 0 radical (unpaired) electrons. The predicted octanol–water partition coefficient (Wildman–Crippen LogP) is 3.31. The first-order valence-electron chi connectivity index (χ1n) is 13.0. The average Bonchev–Trinajstić information content (AvgIpc) is 3.72. The van der Waals surface area contributed by atoms with E-state index in [0.29, 0.717) is 51.3 Å². The second-order valence-corrected chi connectivity index (χ2v) is 10.2. The molecule has 0 fully saturated rings. The maximum atomic E-state index is 6.42. The molecule has 0 saturated heterocycles. The van der Waals surface area contributed by atoms with Crippen molar-refractivity contribution >= 4 is 51.0 Å². The van der Waals surface area contributed by atoms with E-state index in [1.54, 1.807) is 0 Å².